The summed E-state index contributed by atoms with van der Waals surface area (Å²) in [6.45, 7) is 2.11. The molecule has 7 heteroatoms. The fourth-order valence-electron chi connectivity index (χ4n) is 3.54. The summed E-state index contributed by atoms with van der Waals surface area (Å²) < 4.78 is 31.4. The molecule has 0 radical (unpaired) electrons. The minimum Gasteiger partial charge on any atom is -0.497 e. The van der Waals surface area contributed by atoms with Gasteiger partial charge < -0.3 is 10.1 Å². The van der Waals surface area contributed by atoms with Gasteiger partial charge in [0.2, 0.25) is 15.9 Å². The lowest BCUT2D eigenvalue weighted by atomic mass is 10.0. The van der Waals surface area contributed by atoms with Crippen LogP contribution in [0.4, 0.5) is 5.69 Å². The molecular weight excluding hydrogens is 400 g/mol. The van der Waals surface area contributed by atoms with Crippen molar-refractivity contribution in [3.05, 3.63) is 72.3 Å². The number of benzene rings is 3. The molecule has 1 N–H and O–H groups in total. The molecular formula is C23H26N2O4S. The van der Waals surface area contributed by atoms with Gasteiger partial charge in [-0.25, -0.2) is 8.42 Å². The third-order valence-corrected chi connectivity index (χ3v) is 6.17. The van der Waals surface area contributed by atoms with Gasteiger partial charge in [0.15, 0.2) is 0 Å². The summed E-state index contributed by atoms with van der Waals surface area (Å²) in [6.07, 6.45) is 1.44. The van der Waals surface area contributed by atoms with E-state index < -0.39 is 16.1 Å². The Morgan fingerprint density at radius 2 is 1.70 bits per heavy atom. The lowest BCUT2D eigenvalue weighted by Crippen LogP contribution is -2.49. The van der Waals surface area contributed by atoms with Crippen molar-refractivity contribution in [1.82, 2.24) is 5.32 Å². The molecule has 0 saturated carbocycles. The van der Waals surface area contributed by atoms with Gasteiger partial charge in [-0.1, -0.05) is 49.4 Å². The van der Waals surface area contributed by atoms with E-state index in [2.05, 4.69) is 5.32 Å². The Hall–Kier alpha value is -3.06. The maximum atomic E-state index is 13.0. The number of sulfonamides is 1. The van der Waals surface area contributed by atoms with Gasteiger partial charge in [-0.15, -0.1) is 0 Å². The third-order valence-electron chi connectivity index (χ3n) is 4.99. The summed E-state index contributed by atoms with van der Waals surface area (Å²) in [5.41, 5.74) is 1.40. The predicted molar refractivity (Wildman–Crippen MR) is 120 cm³/mol. The van der Waals surface area contributed by atoms with Gasteiger partial charge >= 0.3 is 0 Å². The number of nitrogens with one attached hydrogen (secondary N) is 1. The maximum Gasteiger partial charge on any atom is 0.244 e. The van der Waals surface area contributed by atoms with E-state index in [1.807, 2.05) is 42.5 Å². The normalized spacial score (nSPS) is 12.4. The maximum absolute atomic E-state index is 13.0. The minimum absolute atomic E-state index is 0.316. The highest BCUT2D eigenvalue weighted by Gasteiger charge is 2.31. The van der Waals surface area contributed by atoms with Crippen molar-refractivity contribution >= 4 is 32.4 Å². The van der Waals surface area contributed by atoms with Crippen molar-refractivity contribution in [2.75, 3.05) is 17.7 Å². The summed E-state index contributed by atoms with van der Waals surface area (Å²) in [5, 5.41) is 5.07. The zero-order valence-electron chi connectivity index (χ0n) is 17.3. The predicted octanol–water partition coefficient (Wildman–Crippen LogP) is 3.71. The lowest BCUT2D eigenvalue weighted by molar-refractivity contribution is -0.122. The highest BCUT2D eigenvalue weighted by molar-refractivity contribution is 7.92. The van der Waals surface area contributed by atoms with Gasteiger partial charge in [0.05, 0.1) is 19.1 Å². The molecule has 1 atom stereocenters. The highest BCUT2D eigenvalue weighted by atomic mass is 32.2. The largest absolute Gasteiger partial charge is 0.497 e. The molecule has 0 spiro atoms. The van der Waals surface area contributed by atoms with Gasteiger partial charge in [-0.05, 0) is 47.0 Å². The smallest absolute Gasteiger partial charge is 0.244 e. The van der Waals surface area contributed by atoms with Gasteiger partial charge in [0.1, 0.15) is 11.8 Å². The number of nitrogens with zero attached hydrogens (tertiary/aromatic N) is 1. The Bertz CT molecular complexity index is 1120. The average Bonchev–Trinajstić information content (AvgIpc) is 2.75. The van der Waals surface area contributed by atoms with Gasteiger partial charge in [-0.2, -0.15) is 0 Å². The average molecular weight is 427 g/mol. The second-order valence-electron chi connectivity index (χ2n) is 7.04. The van der Waals surface area contributed by atoms with E-state index in [1.54, 1.807) is 38.3 Å². The number of anilines is 1. The SMILES string of the molecule is CC[C@@H](C(=O)NCc1cccc2ccccc12)N(c1ccc(OC)cc1)S(C)(=O)=O. The Kier molecular flexibility index (Phi) is 6.62. The standard InChI is InChI=1S/C23H26N2O4S/c1-4-22(25(30(3,27)28)19-12-14-20(29-2)15-13-19)23(26)24-16-18-10-7-9-17-8-5-6-11-21(17)18/h5-15,22H,4,16H2,1-3H3,(H,24,26)/t22-/m0/s1. The monoisotopic (exact) mass is 426 g/mol. The van der Waals surface area contributed by atoms with Crippen molar-refractivity contribution in [2.45, 2.75) is 25.9 Å². The molecule has 0 aliphatic carbocycles. The highest BCUT2D eigenvalue weighted by Crippen LogP contribution is 2.25. The van der Waals surface area contributed by atoms with Crippen molar-refractivity contribution in [1.29, 1.82) is 0 Å². The quantitative estimate of drug-likeness (QED) is 0.596. The summed E-state index contributed by atoms with van der Waals surface area (Å²) in [7, 11) is -2.14. The first-order valence-electron chi connectivity index (χ1n) is 9.73. The molecule has 0 aromatic heterocycles. The summed E-state index contributed by atoms with van der Waals surface area (Å²) in [6, 6.07) is 19.6. The van der Waals surface area contributed by atoms with Crippen molar-refractivity contribution in [3.8, 4) is 5.75 Å². The first-order chi connectivity index (χ1) is 14.3. The lowest BCUT2D eigenvalue weighted by Gasteiger charge is -2.30. The van der Waals surface area contributed by atoms with Crippen LogP contribution in [-0.2, 0) is 21.4 Å². The topological polar surface area (TPSA) is 75.7 Å². The molecule has 0 fully saturated rings. The van der Waals surface area contributed by atoms with Gasteiger partial charge in [-0.3, -0.25) is 9.10 Å². The Labute approximate surface area is 177 Å². The fraction of sp³-hybridized carbons (Fsp3) is 0.261. The van der Waals surface area contributed by atoms with E-state index >= 15 is 0 Å². The Morgan fingerprint density at radius 1 is 1.03 bits per heavy atom. The van der Waals surface area contributed by atoms with Crippen LogP contribution in [0.3, 0.4) is 0 Å². The number of methoxy groups -OCH3 is 1. The molecule has 0 aliphatic heterocycles. The van der Waals surface area contributed by atoms with Gasteiger partial charge in [0.25, 0.3) is 0 Å². The van der Waals surface area contributed by atoms with Crippen LogP contribution in [0.2, 0.25) is 0 Å². The van der Waals surface area contributed by atoms with Crippen LogP contribution in [0.5, 0.6) is 5.75 Å². The first-order valence-corrected chi connectivity index (χ1v) is 11.6. The number of carbonyl (C=O) groups is 1. The molecule has 6 nitrogen and oxygen atoms in total. The van der Waals surface area contributed by atoms with Crippen LogP contribution in [0.1, 0.15) is 18.9 Å². The number of hydrogen-bond donors (Lipinski definition) is 1. The molecule has 3 aromatic rings. The van der Waals surface area contributed by atoms with E-state index in [0.29, 0.717) is 24.4 Å². The number of carbonyl (C=O) groups excluding carboxylic acids is 1. The molecule has 0 saturated heterocycles. The van der Waals surface area contributed by atoms with E-state index in [4.69, 9.17) is 4.74 Å². The van der Waals surface area contributed by atoms with Crippen molar-refractivity contribution in [3.63, 3.8) is 0 Å². The molecule has 0 bridgehead atoms. The zero-order chi connectivity index (χ0) is 21.7. The first kappa shape index (κ1) is 21.6. The third kappa shape index (κ3) is 4.74. The number of amides is 1. The van der Waals surface area contributed by atoms with Crippen molar-refractivity contribution < 1.29 is 17.9 Å². The minimum atomic E-state index is -3.68. The summed E-state index contributed by atoms with van der Waals surface area (Å²) >= 11 is 0. The number of rotatable bonds is 8. The second-order valence-corrected chi connectivity index (χ2v) is 8.90. The number of fused-ring (bicyclic) bond motifs is 1. The summed E-state index contributed by atoms with van der Waals surface area (Å²) in [4.78, 5) is 13.0. The molecule has 3 aromatic carbocycles. The van der Waals surface area contributed by atoms with Crippen LogP contribution in [-0.4, -0.2) is 33.7 Å². The second kappa shape index (κ2) is 9.17. The van der Waals surface area contributed by atoms with Gasteiger partial charge in [0, 0.05) is 6.54 Å². The molecule has 0 unspecified atom stereocenters. The van der Waals surface area contributed by atoms with Crippen LogP contribution in [0.25, 0.3) is 10.8 Å². The Morgan fingerprint density at radius 3 is 2.33 bits per heavy atom. The van der Waals surface area contributed by atoms with Crippen LogP contribution in [0, 0.1) is 0 Å². The van der Waals surface area contributed by atoms with E-state index in [0.717, 1.165) is 22.6 Å². The number of hydrogen-bond acceptors (Lipinski definition) is 4. The summed E-state index contributed by atoms with van der Waals surface area (Å²) in [5.74, 6) is 0.271. The fourth-order valence-corrected chi connectivity index (χ4v) is 4.75. The molecule has 1 amide bonds. The number of ether oxygens (including phenoxy) is 1. The molecule has 3 rings (SSSR count). The van der Waals surface area contributed by atoms with Crippen molar-refractivity contribution in [2.24, 2.45) is 0 Å². The molecule has 0 aliphatic rings. The molecule has 0 heterocycles. The van der Waals surface area contributed by atoms with Crippen LogP contribution in [0.15, 0.2) is 66.7 Å². The van der Waals surface area contributed by atoms with E-state index in [1.165, 1.54) is 4.31 Å². The molecule has 158 valence electrons. The molecule has 30 heavy (non-hydrogen) atoms. The van der Waals surface area contributed by atoms with E-state index in [-0.39, 0.29) is 5.91 Å². The van der Waals surface area contributed by atoms with Crippen LogP contribution < -0.4 is 14.4 Å². The van der Waals surface area contributed by atoms with E-state index in [9.17, 15) is 13.2 Å². The Balaban J connectivity index is 1.85. The zero-order valence-corrected chi connectivity index (χ0v) is 18.1. The van der Waals surface area contributed by atoms with Crippen LogP contribution >= 0.6 is 0 Å².